The Morgan fingerprint density at radius 1 is 1.44 bits per heavy atom. The second-order valence-corrected chi connectivity index (χ2v) is 6.58. The van der Waals surface area contributed by atoms with Gasteiger partial charge in [-0.3, -0.25) is 4.79 Å². The van der Waals surface area contributed by atoms with E-state index < -0.39 is 5.60 Å². The number of allylic oxidation sites excluding steroid dienone is 3. The molecule has 2 bridgehead atoms. The SMILES string of the molecule is CC(C)C1=C[C@@H]2[C@@H]3CCC=C[C@@H]3[C@H]1C(=O)[C@@]2(C)O. The van der Waals surface area contributed by atoms with Gasteiger partial charge in [0.15, 0.2) is 5.78 Å². The highest BCUT2D eigenvalue weighted by Gasteiger charge is 2.58. The van der Waals surface area contributed by atoms with Crippen LogP contribution in [-0.4, -0.2) is 16.5 Å². The average molecular weight is 246 g/mol. The van der Waals surface area contributed by atoms with Gasteiger partial charge in [0.1, 0.15) is 5.60 Å². The van der Waals surface area contributed by atoms with Crippen molar-refractivity contribution in [3.63, 3.8) is 0 Å². The van der Waals surface area contributed by atoms with Crippen molar-refractivity contribution >= 4 is 5.78 Å². The highest BCUT2D eigenvalue weighted by atomic mass is 16.3. The van der Waals surface area contributed by atoms with Crippen LogP contribution in [0.4, 0.5) is 0 Å². The van der Waals surface area contributed by atoms with Crippen LogP contribution in [0.25, 0.3) is 0 Å². The van der Waals surface area contributed by atoms with Crippen LogP contribution in [0.2, 0.25) is 0 Å². The maximum Gasteiger partial charge on any atom is 0.172 e. The Hall–Kier alpha value is -0.890. The Labute approximate surface area is 109 Å². The van der Waals surface area contributed by atoms with Crippen molar-refractivity contribution in [2.45, 2.75) is 39.2 Å². The van der Waals surface area contributed by atoms with Crippen LogP contribution in [0.1, 0.15) is 33.6 Å². The van der Waals surface area contributed by atoms with Crippen LogP contribution < -0.4 is 0 Å². The van der Waals surface area contributed by atoms with Crippen LogP contribution in [0, 0.1) is 29.6 Å². The van der Waals surface area contributed by atoms with Crippen molar-refractivity contribution in [2.24, 2.45) is 29.6 Å². The van der Waals surface area contributed by atoms with Crippen molar-refractivity contribution < 1.29 is 9.90 Å². The van der Waals surface area contributed by atoms with Crippen molar-refractivity contribution in [3.05, 3.63) is 23.8 Å². The fourth-order valence-corrected chi connectivity index (χ4v) is 4.25. The van der Waals surface area contributed by atoms with E-state index in [1.807, 2.05) is 0 Å². The van der Waals surface area contributed by atoms with E-state index in [1.54, 1.807) is 6.92 Å². The lowest BCUT2D eigenvalue weighted by molar-refractivity contribution is -0.158. The zero-order chi connectivity index (χ0) is 13.1. The van der Waals surface area contributed by atoms with Crippen molar-refractivity contribution in [1.29, 1.82) is 0 Å². The molecule has 0 heterocycles. The molecule has 4 aliphatic rings. The Bertz CT molecular complexity index is 442. The minimum absolute atomic E-state index is 0.0161. The van der Waals surface area contributed by atoms with Gasteiger partial charge in [-0.2, -0.15) is 0 Å². The monoisotopic (exact) mass is 246 g/mol. The molecule has 0 spiro atoms. The number of rotatable bonds is 1. The highest BCUT2D eigenvalue weighted by molar-refractivity contribution is 5.94. The number of Topliss-reactive ketones (excluding diaryl/α,β-unsaturated/α-hetero) is 1. The van der Waals surface area contributed by atoms with Gasteiger partial charge in [-0.05, 0) is 37.5 Å². The Balaban J connectivity index is 2.12. The molecule has 0 aromatic heterocycles. The van der Waals surface area contributed by atoms with E-state index in [4.69, 9.17) is 0 Å². The molecule has 1 fully saturated rings. The lowest BCUT2D eigenvalue weighted by atomic mass is 9.50. The summed E-state index contributed by atoms with van der Waals surface area (Å²) in [5, 5.41) is 10.6. The molecule has 0 aromatic carbocycles. The molecule has 1 saturated carbocycles. The number of hydrogen-bond donors (Lipinski definition) is 1. The van der Waals surface area contributed by atoms with Crippen LogP contribution in [0.3, 0.4) is 0 Å². The van der Waals surface area contributed by atoms with Crippen molar-refractivity contribution in [1.82, 2.24) is 0 Å². The number of fused-ring (bicyclic) bond motifs is 1. The van der Waals surface area contributed by atoms with E-state index in [2.05, 4.69) is 32.1 Å². The Morgan fingerprint density at radius 2 is 2.17 bits per heavy atom. The van der Waals surface area contributed by atoms with Gasteiger partial charge in [0.2, 0.25) is 0 Å². The molecule has 1 N–H and O–H groups in total. The van der Waals surface area contributed by atoms with Crippen LogP contribution in [0.15, 0.2) is 23.8 Å². The summed E-state index contributed by atoms with van der Waals surface area (Å²) in [7, 11) is 0. The minimum atomic E-state index is -1.14. The summed E-state index contributed by atoms with van der Waals surface area (Å²) in [6, 6.07) is 0. The number of aliphatic hydroxyl groups is 1. The van der Waals surface area contributed by atoms with Gasteiger partial charge in [0.05, 0.1) is 0 Å². The number of hydrogen-bond acceptors (Lipinski definition) is 2. The third-order valence-electron chi connectivity index (χ3n) is 5.19. The first-order valence-electron chi connectivity index (χ1n) is 7.09. The second kappa shape index (κ2) is 3.80. The molecule has 0 aliphatic heterocycles. The van der Waals surface area contributed by atoms with Gasteiger partial charge in [0, 0.05) is 11.8 Å². The first-order valence-corrected chi connectivity index (χ1v) is 7.09. The van der Waals surface area contributed by atoms with Crippen LogP contribution in [0.5, 0.6) is 0 Å². The van der Waals surface area contributed by atoms with Gasteiger partial charge in [-0.1, -0.05) is 37.6 Å². The van der Waals surface area contributed by atoms with E-state index in [9.17, 15) is 9.90 Å². The standard InChI is InChI=1S/C16H22O2/c1-9(2)12-8-13-10-6-4-5-7-11(10)14(12)15(17)16(13,3)18/h5,7-11,13-14,18H,4,6H2,1-3H3/t10-,11+,13-,14-,16+/m1/s1. The molecular weight excluding hydrogens is 224 g/mol. The third kappa shape index (κ3) is 1.41. The molecular formula is C16H22O2. The summed E-state index contributed by atoms with van der Waals surface area (Å²) in [4.78, 5) is 12.6. The largest absolute Gasteiger partial charge is 0.382 e. The summed E-state index contributed by atoms with van der Waals surface area (Å²) in [5.41, 5.74) is 0.111. The predicted molar refractivity (Wildman–Crippen MR) is 70.9 cm³/mol. The van der Waals surface area contributed by atoms with Gasteiger partial charge in [-0.25, -0.2) is 0 Å². The molecule has 0 saturated heterocycles. The first-order chi connectivity index (χ1) is 8.44. The second-order valence-electron chi connectivity index (χ2n) is 6.58. The molecule has 2 heteroatoms. The summed E-state index contributed by atoms with van der Waals surface area (Å²) in [5.74, 6) is 1.17. The summed E-state index contributed by atoms with van der Waals surface area (Å²) in [6.45, 7) is 6.02. The lowest BCUT2D eigenvalue weighted by Crippen LogP contribution is -2.60. The number of carbonyl (C=O) groups is 1. The highest BCUT2D eigenvalue weighted by Crippen LogP contribution is 2.55. The lowest BCUT2D eigenvalue weighted by Gasteiger charge is -2.54. The van der Waals surface area contributed by atoms with Crippen LogP contribution in [-0.2, 0) is 4.79 Å². The van der Waals surface area contributed by atoms with Crippen LogP contribution >= 0.6 is 0 Å². The fourth-order valence-electron chi connectivity index (χ4n) is 4.25. The van der Waals surface area contributed by atoms with Gasteiger partial charge >= 0.3 is 0 Å². The molecule has 4 rings (SSSR count). The average Bonchev–Trinajstić information content (AvgIpc) is 2.34. The molecule has 0 radical (unpaired) electrons. The summed E-state index contributed by atoms with van der Waals surface area (Å²) >= 11 is 0. The smallest absolute Gasteiger partial charge is 0.172 e. The maximum atomic E-state index is 12.6. The van der Waals surface area contributed by atoms with E-state index in [1.165, 1.54) is 5.57 Å². The van der Waals surface area contributed by atoms with Crippen molar-refractivity contribution in [2.75, 3.05) is 0 Å². The number of carbonyl (C=O) groups excluding carboxylic acids is 1. The topological polar surface area (TPSA) is 37.3 Å². The van der Waals surface area contributed by atoms with Crippen molar-refractivity contribution in [3.8, 4) is 0 Å². The third-order valence-corrected chi connectivity index (χ3v) is 5.19. The molecule has 0 unspecified atom stereocenters. The molecule has 98 valence electrons. The van der Waals surface area contributed by atoms with E-state index in [0.717, 1.165) is 12.8 Å². The molecule has 0 aromatic rings. The zero-order valence-corrected chi connectivity index (χ0v) is 11.4. The fraction of sp³-hybridized carbons (Fsp3) is 0.688. The quantitative estimate of drug-likeness (QED) is 0.722. The molecule has 4 aliphatic carbocycles. The predicted octanol–water partition coefficient (Wildman–Crippen LogP) is 2.73. The zero-order valence-electron chi connectivity index (χ0n) is 11.4. The van der Waals surface area contributed by atoms with Gasteiger partial charge in [-0.15, -0.1) is 0 Å². The van der Waals surface area contributed by atoms with E-state index in [-0.39, 0.29) is 17.6 Å². The Morgan fingerprint density at radius 3 is 2.83 bits per heavy atom. The first kappa shape index (κ1) is 12.2. The maximum absolute atomic E-state index is 12.6. The number of ketones is 1. The Kier molecular flexibility index (Phi) is 2.57. The minimum Gasteiger partial charge on any atom is -0.382 e. The molecule has 0 amide bonds. The van der Waals surface area contributed by atoms with Gasteiger partial charge < -0.3 is 5.11 Å². The summed E-state index contributed by atoms with van der Waals surface area (Å²) in [6.07, 6.45) is 8.85. The molecule has 5 atom stereocenters. The van der Waals surface area contributed by atoms with E-state index >= 15 is 0 Å². The normalized spacial score (nSPS) is 46.3. The summed E-state index contributed by atoms with van der Waals surface area (Å²) < 4.78 is 0. The van der Waals surface area contributed by atoms with Gasteiger partial charge in [0.25, 0.3) is 0 Å². The molecule has 2 nitrogen and oxygen atoms in total. The van der Waals surface area contributed by atoms with E-state index in [0.29, 0.717) is 17.8 Å². The molecule has 18 heavy (non-hydrogen) atoms.